The number of benzene rings is 1. The van der Waals surface area contributed by atoms with Crippen molar-refractivity contribution in [2.45, 2.75) is 26.3 Å². The SMILES string of the molecule is CCCNCc1ccc2c(c1)CCN2. The van der Waals surface area contributed by atoms with Crippen molar-refractivity contribution in [1.82, 2.24) is 5.32 Å². The summed E-state index contributed by atoms with van der Waals surface area (Å²) in [7, 11) is 0. The molecule has 0 atom stereocenters. The number of hydrogen-bond donors (Lipinski definition) is 2. The van der Waals surface area contributed by atoms with Crippen LogP contribution in [0.2, 0.25) is 0 Å². The first kappa shape index (κ1) is 9.53. The molecule has 0 spiro atoms. The molecular weight excluding hydrogens is 172 g/mol. The van der Waals surface area contributed by atoms with E-state index in [1.807, 2.05) is 0 Å². The summed E-state index contributed by atoms with van der Waals surface area (Å²) in [6.07, 6.45) is 2.38. The first-order chi connectivity index (χ1) is 6.90. The van der Waals surface area contributed by atoms with Gasteiger partial charge in [-0.1, -0.05) is 19.1 Å². The third kappa shape index (κ3) is 2.07. The summed E-state index contributed by atoms with van der Waals surface area (Å²) in [6, 6.07) is 6.73. The molecule has 2 N–H and O–H groups in total. The van der Waals surface area contributed by atoms with Crippen LogP contribution in [0.1, 0.15) is 24.5 Å². The second-order valence-corrected chi connectivity index (χ2v) is 3.85. The smallest absolute Gasteiger partial charge is 0.0373 e. The Morgan fingerprint density at radius 3 is 3.21 bits per heavy atom. The topological polar surface area (TPSA) is 24.1 Å². The van der Waals surface area contributed by atoms with Crippen LogP contribution < -0.4 is 10.6 Å². The largest absolute Gasteiger partial charge is 0.384 e. The number of nitrogens with one attached hydrogen (secondary N) is 2. The fourth-order valence-corrected chi connectivity index (χ4v) is 1.88. The summed E-state index contributed by atoms with van der Waals surface area (Å²) in [5, 5.41) is 6.80. The van der Waals surface area contributed by atoms with Crippen LogP contribution in [-0.2, 0) is 13.0 Å². The third-order valence-corrected chi connectivity index (χ3v) is 2.64. The van der Waals surface area contributed by atoms with Crippen molar-refractivity contribution in [2.24, 2.45) is 0 Å². The van der Waals surface area contributed by atoms with Gasteiger partial charge in [-0.3, -0.25) is 0 Å². The molecule has 0 saturated heterocycles. The molecular formula is C12H18N2. The van der Waals surface area contributed by atoms with E-state index in [4.69, 9.17) is 0 Å². The highest BCUT2D eigenvalue weighted by Crippen LogP contribution is 2.22. The van der Waals surface area contributed by atoms with Crippen LogP contribution in [0.3, 0.4) is 0 Å². The van der Waals surface area contributed by atoms with Crippen LogP contribution in [0.5, 0.6) is 0 Å². The molecule has 1 heterocycles. The molecule has 1 aromatic rings. The van der Waals surface area contributed by atoms with E-state index in [1.165, 1.54) is 29.7 Å². The van der Waals surface area contributed by atoms with Gasteiger partial charge in [0.2, 0.25) is 0 Å². The van der Waals surface area contributed by atoms with Gasteiger partial charge in [-0.2, -0.15) is 0 Å². The Kier molecular flexibility index (Phi) is 3.04. The molecule has 0 unspecified atom stereocenters. The summed E-state index contributed by atoms with van der Waals surface area (Å²) in [5.41, 5.74) is 4.20. The van der Waals surface area contributed by atoms with E-state index in [-0.39, 0.29) is 0 Å². The van der Waals surface area contributed by atoms with Gasteiger partial charge in [0.15, 0.2) is 0 Å². The van der Waals surface area contributed by atoms with Crippen LogP contribution in [-0.4, -0.2) is 13.1 Å². The Morgan fingerprint density at radius 2 is 2.36 bits per heavy atom. The lowest BCUT2D eigenvalue weighted by molar-refractivity contribution is 0.675. The van der Waals surface area contributed by atoms with E-state index >= 15 is 0 Å². The Bertz CT molecular complexity index is 307. The van der Waals surface area contributed by atoms with Gasteiger partial charge >= 0.3 is 0 Å². The molecule has 0 aliphatic carbocycles. The second kappa shape index (κ2) is 4.47. The molecule has 1 aliphatic rings. The average Bonchev–Trinajstić information content (AvgIpc) is 2.65. The molecule has 2 rings (SSSR count). The highest BCUT2D eigenvalue weighted by molar-refractivity contribution is 5.56. The van der Waals surface area contributed by atoms with Gasteiger partial charge in [0.25, 0.3) is 0 Å². The molecule has 0 amide bonds. The Labute approximate surface area is 85.7 Å². The predicted octanol–water partition coefficient (Wildman–Crippen LogP) is 2.15. The molecule has 2 heteroatoms. The molecule has 0 fully saturated rings. The maximum Gasteiger partial charge on any atom is 0.0373 e. The molecule has 1 aliphatic heterocycles. The summed E-state index contributed by atoms with van der Waals surface area (Å²) in [4.78, 5) is 0. The first-order valence-corrected chi connectivity index (χ1v) is 5.46. The highest BCUT2D eigenvalue weighted by atomic mass is 14.9. The van der Waals surface area contributed by atoms with E-state index in [0.29, 0.717) is 0 Å². The monoisotopic (exact) mass is 190 g/mol. The molecule has 1 aromatic carbocycles. The fraction of sp³-hybridized carbons (Fsp3) is 0.500. The highest BCUT2D eigenvalue weighted by Gasteiger charge is 2.09. The lowest BCUT2D eigenvalue weighted by atomic mass is 10.1. The predicted molar refractivity (Wildman–Crippen MR) is 60.6 cm³/mol. The number of anilines is 1. The van der Waals surface area contributed by atoms with Crippen LogP contribution in [0, 0.1) is 0 Å². The van der Waals surface area contributed by atoms with Crippen molar-refractivity contribution in [2.75, 3.05) is 18.4 Å². The quantitative estimate of drug-likeness (QED) is 0.711. The number of fused-ring (bicyclic) bond motifs is 1. The van der Waals surface area contributed by atoms with Crippen LogP contribution in [0.25, 0.3) is 0 Å². The Balaban J connectivity index is 1.98. The van der Waals surface area contributed by atoms with Gasteiger partial charge < -0.3 is 10.6 Å². The molecule has 0 aromatic heterocycles. The van der Waals surface area contributed by atoms with Gasteiger partial charge in [0.05, 0.1) is 0 Å². The minimum Gasteiger partial charge on any atom is -0.384 e. The van der Waals surface area contributed by atoms with Crippen LogP contribution in [0.15, 0.2) is 18.2 Å². The van der Waals surface area contributed by atoms with Gasteiger partial charge in [-0.25, -0.2) is 0 Å². The summed E-state index contributed by atoms with van der Waals surface area (Å²) in [5.74, 6) is 0. The Morgan fingerprint density at radius 1 is 1.43 bits per heavy atom. The van der Waals surface area contributed by atoms with Crippen molar-refractivity contribution in [3.05, 3.63) is 29.3 Å². The molecule has 0 radical (unpaired) electrons. The minimum absolute atomic E-state index is 1.00. The van der Waals surface area contributed by atoms with Crippen LogP contribution in [0.4, 0.5) is 5.69 Å². The van der Waals surface area contributed by atoms with Gasteiger partial charge in [-0.05, 0) is 36.6 Å². The maximum atomic E-state index is 3.42. The zero-order chi connectivity index (χ0) is 9.80. The van der Waals surface area contributed by atoms with Crippen molar-refractivity contribution >= 4 is 5.69 Å². The van der Waals surface area contributed by atoms with Crippen molar-refractivity contribution in [1.29, 1.82) is 0 Å². The lowest BCUT2D eigenvalue weighted by Gasteiger charge is -2.05. The zero-order valence-corrected chi connectivity index (χ0v) is 8.77. The fourth-order valence-electron chi connectivity index (χ4n) is 1.88. The lowest BCUT2D eigenvalue weighted by Crippen LogP contribution is -2.13. The zero-order valence-electron chi connectivity index (χ0n) is 8.77. The van der Waals surface area contributed by atoms with Crippen LogP contribution >= 0.6 is 0 Å². The van der Waals surface area contributed by atoms with E-state index in [9.17, 15) is 0 Å². The van der Waals surface area contributed by atoms with Gasteiger partial charge in [0.1, 0.15) is 0 Å². The Hall–Kier alpha value is -1.02. The van der Waals surface area contributed by atoms with E-state index in [1.54, 1.807) is 0 Å². The van der Waals surface area contributed by atoms with Gasteiger partial charge in [0, 0.05) is 18.8 Å². The number of hydrogen-bond acceptors (Lipinski definition) is 2. The first-order valence-electron chi connectivity index (χ1n) is 5.46. The molecule has 14 heavy (non-hydrogen) atoms. The summed E-state index contributed by atoms with van der Waals surface area (Å²) < 4.78 is 0. The second-order valence-electron chi connectivity index (χ2n) is 3.85. The van der Waals surface area contributed by atoms with E-state index in [0.717, 1.165) is 19.6 Å². The summed E-state index contributed by atoms with van der Waals surface area (Å²) >= 11 is 0. The van der Waals surface area contributed by atoms with Crippen molar-refractivity contribution < 1.29 is 0 Å². The normalized spacial score (nSPS) is 13.8. The molecule has 2 nitrogen and oxygen atoms in total. The molecule has 0 saturated carbocycles. The third-order valence-electron chi connectivity index (χ3n) is 2.64. The average molecular weight is 190 g/mol. The van der Waals surface area contributed by atoms with E-state index in [2.05, 4.69) is 35.8 Å². The van der Waals surface area contributed by atoms with E-state index < -0.39 is 0 Å². The molecule has 76 valence electrons. The van der Waals surface area contributed by atoms with Gasteiger partial charge in [-0.15, -0.1) is 0 Å². The number of rotatable bonds is 4. The molecule has 0 bridgehead atoms. The minimum atomic E-state index is 1.00. The maximum absolute atomic E-state index is 3.42. The van der Waals surface area contributed by atoms with Crippen molar-refractivity contribution in [3.8, 4) is 0 Å². The standard InChI is InChI=1S/C12H18N2/c1-2-6-13-9-10-3-4-12-11(8-10)5-7-14-12/h3-4,8,13-14H,2,5-7,9H2,1H3. The summed E-state index contributed by atoms with van der Waals surface area (Å²) in [6.45, 7) is 5.40. The van der Waals surface area contributed by atoms with Crippen molar-refractivity contribution in [3.63, 3.8) is 0 Å².